The second-order valence-electron chi connectivity index (χ2n) is 5.40. The minimum Gasteiger partial charge on any atom is -0.378 e. The molecule has 3 heterocycles. The van der Waals surface area contributed by atoms with Crippen molar-refractivity contribution in [3.05, 3.63) is 72.7 Å². The molecule has 0 bridgehead atoms. The molecule has 0 aliphatic rings. The lowest BCUT2D eigenvalue weighted by atomic mass is 10.1. The molecule has 24 heavy (non-hydrogen) atoms. The van der Waals surface area contributed by atoms with Crippen molar-refractivity contribution in [3.63, 3.8) is 0 Å². The van der Waals surface area contributed by atoms with Crippen LogP contribution >= 0.6 is 0 Å². The van der Waals surface area contributed by atoms with Crippen molar-refractivity contribution < 1.29 is 4.74 Å². The average molecular weight is 316 g/mol. The van der Waals surface area contributed by atoms with Crippen LogP contribution in [0.5, 0.6) is 0 Å². The second-order valence-corrected chi connectivity index (χ2v) is 5.40. The topological polar surface area (TPSA) is 52.3 Å². The lowest BCUT2D eigenvalue weighted by Crippen LogP contribution is -1.97. The molecule has 0 N–H and O–H groups in total. The van der Waals surface area contributed by atoms with Gasteiger partial charge in [0, 0.05) is 19.5 Å². The molecule has 0 radical (unpaired) electrons. The molecule has 0 aliphatic carbocycles. The van der Waals surface area contributed by atoms with Gasteiger partial charge in [-0.05, 0) is 23.8 Å². The van der Waals surface area contributed by atoms with Gasteiger partial charge in [0.05, 0.1) is 29.3 Å². The fourth-order valence-corrected chi connectivity index (χ4v) is 2.84. The van der Waals surface area contributed by atoms with Crippen molar-refractivity contribution in [3.8, 4) is 22.5 Å². The second kappa shape index (κ2) is 6.22. The standard InChI is InChI=1S/C19H16N4O/c1-24-13-16-18(14-7-3-2-4-8-14)19-21-12-10-17(23(19)22-16)15-9-5-6-11-20-15/h2-12H,13H2,1H3. The number of benzene rings is 1. The van der Waals surface area contributed by atoms with Crippen LogP contribution in [0.3, 0.4) is 0 Å². The number of rotatable bonds is 4. The van der Waals surface area contributed by atoms with Crippen molar-refractivity contribution in [2.24, 2.45) is 0 Å². The highest BCUT2D eigenvalue weighted by Crippen LogP contribution is 2.30. The highest BCUT2D eigenvalue weighted by atomic mass is 16.5. The van der Waals surface area contributed by atoms with Gasteiger partial charge in [-0.25, -0.2) is 9.50 Å². The molecule has 0 spiro atoms. The first-order chi connectivity index (χ1) is 11.9. The van der Waals surface area contributed by atoms with E-state index in [0.29, 0.717) is 6.61 Å². The van der Waals surface area contributed by atoms with Gasteiger partial charge >= 0.3 is 0 Å². The van der Waals surface area contributed by atoms with Crippen LogP contribution in [-0.4, -0.2) is 26.7 Å². The third kappa shape index (κ3) is 2.45. The summed E-state index contributed by atoms with van der Waals surface area (Å²) in [5.41, 5.74) is 5.49. The number of nitrogens with zero attached hydrogens (tertiary/aromatic N) is 4. The van der Waals surface area contributed by atoms with E-state index in [1.165, 1.54) is 0 Å². The molecule has 5 heteroatoms. The minimum absolute atomic E-state index is 0.426. The number of methoxy groups -OCH3 is 1. The molecule has 5 nitrogen and oxygen atoms in total. The van der Waals surface area contributed by atoms with Gasteiger partial charge in [0.2, 0.25) is 0 Å². The highest BCUT2D eigenvalue weighted by Gasteiger charge is 2.18. The molecule has 0 atom stereocenters. The molecule has 1 aromatic carbocycles. The van der Waals surface area contributed by atoms with Gasteiger partial charge in [0.25, 0.3) is 0 Å². The van der Waals surface area contributed by atoms with Gasteiger partial charge in [-0.15, -0.1) is 0 Å². The first-order valence-corrected chi connectivity index (χ1v) is 7.71. The van der Waals surface area contributed by atoms with Crippen LogP contribution in [0.15, 0.2) is 67.0 Å². The Hall–Kier alpha value is -3.05. The van der Waals surface area contributed by atoms with E-state index in [1.807, 2.05) is 47.0 Å². The zero-order valence-electron chi connectivity index (χ0n) is 13.3. The molecule has 0 saturated heterocycles. The molecule has 3 aromatic heterocycles. The number of hydrogen-bond acceptors (Lipinski definition) is 4. The van der Waals surface area contributed by atoms with Gasteiger partial charge in [-0.2, -0.15) is 5.10 Å². The normalized spacial score (nSPS) is 11.0. The van der Waals surface area contributed by atoms with Gasteiger partial charge in [-0.1, -0.05) is 36.4 Å². The Labute approximate surface area is 139 Å². The summed E-state index contributed by atoms with van der Waals surface area (Å²) < 4.78 is 7.19. The fourth-order valence-electron chi connectivity index (χ4n) is 2.84. The molecule has 4 rings (SSSR count). The summed E-state index contributed by atoms with van der Waals surface area (Å²) in [5, 5.41) is 4.74. The third-order valence-electron chi connectivity index (χ3n) is 3.86. The van der Waals surface area contributed by atoms with Crippen molar-refractivity contribution in [2.45, 2.75) is 6.61 Å². The van der Waals surface area contributed by atoms with E-state index >= 15 is 0 Å². The molecule has 4 aromatic rings. The average Bonchev–Trinajstić information content (AvgIpc) is 3.01. The fraction of sp³-hybridized carbons (Fsp3) is 0.105. The van der Waals surface area contributed by atoms with Crippen molar-refractivity contribution in [1.29, 1.82) is 0 Å². The van der Waals surface area contributed by atoms with Gasteiger partial charge < -0.3 is 4.74 Å². The highest BCUT2D eigenvalue weighted by molar-refractivity contribution is 5.81. The quantitative estimate of drug-likeness (QED) is 0.577. The van der Waals surface area contributed by atoms with Crippen LogP contribution in [0.4, 0.5) is 0 Å². The smallest absolute Gasteiger partial charge is 0.163 e. The van der Waals surface area contributed by atoms with Crippen LogP contribution in [0, 0.1) is 0 Å². The van der Waals surface area contributed by atoms with Crippen LogP contribution in [-0.2, 0) is 11.3 Å². The summed E-state index contributed by atoms with van der Waals surface area (Å²) in [4.78, 5) is 9.00. The Morgan fingerprint density at radius 3 is 2.50 bits per heavy atom. The van der Waals surface area contributed by atoms with Crippen molar-refractivity contribution in [2.75, 3.05) is 7.11 Å². The molecule has 0 fully saturated rings. The van der Waals surface area contributed by atoms with Crippen molar-refractivity contribution >= 4 is 5.65 Å². The van der Waals surface area contributed by atoms with E-state index in [-0.39, 0.29) is 0 Å². The van der Waals surface area contributed by atoms with Crippen LogP contribution < -0.4 is 0 Å². The van der Waals surface area contributed by atoms with Gasteiger partial charge in [-0.3, -0.25) is 4.98 Å². The van der Waals surface area contributed by atoms with E-state index in [9.17, 15) is 0 Å². The number of ether oxygens (including phenoxy) is 1. The van der Waals surface area contributed by atoms with Crippen molar-refractivity contribution in [1.82, 2.24) is 19.6 Å². The molecular weight excluding hydrogens is 300 g/mol. The third-order valence-corrected chi connectivity index (χ3v) is 3.86. The Morgan fingerprint density at radius 2 is 1.75 bits per heavy atom. The van der Waals surface area contributed by atoms with E-state index in [2.05, 4.69) is 22.1 Å². The summed E-state index contributed by atoms with van der Waals surface area (Å²) in [7, 11) is 1.67. The summed E-state index contributed by atoms with van der Waals surface area (Å²) in [6.07, 6.45) is 3.57. The van der Waals surface area contributed by atoms with Crippen LogP contribution in [0.1, 0.15) is 5.69 Å². The lowest BCUT2D eigenvalue weighted by molar-refractivity contribution is 0.181. The van der Waals surface area contributed by atoms with E-state index < -0.39 is 0 Å². The maximum atomic E-state index is 5.35. The maximum Gasteiger partial charge on any atom is 0.163 e. The number of pyridine rings is 1. The van der Waals surface area contributed by atoms with Crippen LogP contribution in [0.2, 0.25) is 0 Å². The lowest BCUT2D eigenvalue weighted by Gasteiger charge is -2.04. The molecule has 0 amide bonds. The molecule has 0 aliphatic heterocycles. The largest absolute Gasteiger partial charge is 0.378 e. The summed E-state index contributed by atoms with van der Waals surface area (Å²) in [6, 6.07) is 17.9. The predicted octanol–water partition coefficient (Wildman–Crippen LogP) is 3.60. The Bertz CT molecular complexity index is 965. The predicted molar refractivity (Wildman–Crippen MR) is 92.4 cm³/mol. The summed E-state index contributed by atoms with van der Waals surface area (Å²) >= 11 is 0. The molecular formula is C19H16N4O. The van der Waals surface area contributed by atoms with E-state index in [4.69, 9.17) is 9.84 Å². The Balaban J connectivity index is 2.01. The maximum absolute atomic E-state index is 5.35. The SMILES string of the molecule is COCc1nn2c(-c3ccccn3)ccnc2c1-c1ccccc1. The Kier molecular flexibility index (Phi) is 3.76. The first kappa shape index (κ1) is 14.5. The Morgan fingerprint density at radius 1 is 0.917 bits per heavy atom. The van der Waals surface area contributed by atoms with Gasteiger partial charge in [0.15, 0.2) is 5.65 Å². The molecule has 0 unspecified atom stereocenters. The molecule has 118 valence electrons. The van der Waals surface area contributed by atoms with E-state index in [0.717, 1.165) is 33.9 Å². The minimum atomic E-state index is 0.426. The summed E-state index contributed by atoms with van der Waals surface area (Å²) in [5.74, 6) is 0. The number of hydrogen-bond donors (Lipinski definition) is 0. The number of aromatic nitrogens is 4. The summed E-state index contributed by atoms with van der Waals surface area (Å²) in [6.45, 7) is 0.426. The number of fused-ring (bicyclic) bond motifs is 1. The monoisotopic (exact) mass is 316 g/mol. The first-order valence-electron chi connectivity index (χ1n) is 7.71. The van der Waals surface area contributed by atoms with Gasteiger partial charge in [0.1, 0.15) is 0 Å². The molecule has 0 saturated carbocycles. The zero-order valence-corrected chi connectivity index (χ0v) is 13.3. The zero-order chi connectivity index (χ0) is 16.4. The van der Waals surface area contributed by atoms with E-state index in [1.54, 1.807) is 19.5 Å². The van der Waals surface area contributed by atoms with Crippen LogP contribution in [0.25, 0.3) is 28.2 Å².